The molecule has 30 heavy (non-hydrogen) atoms. The third kappa shape index (κ3) is 37.0. The molecule has 0 aliphatic carbocycles. The average molecular weight is 498 g/mol. The third-order valence-corrected chi connectivity index (χ3v) is 9.57. The Morgan fingerprint density at radius 3 is 0.833 bits per heavy atom. The van der Waals surface area contributed by atoms with Crippen LogP contribution in [0.2, 0.25) is 21.1 Å². The smallest absolute Gasteiger partial charge is 0.147 e. The van der Waals surface area contributed by atoms with Crippen LogP contribution < -0.4 is 0 Å². The Balaban J connectivity index is -0.000000634. The molecule has 0 nitrogen and oxygen atoms in total. The van der Waals surface area contributed by atoms with Gasteiger partial charge in [-0.15, -0.1) is 30.1 Å². The van der Waals surface area contributed by atoms with E-state index < -0.39 is 14.1 Å². The first-order chi connectivity index (χ1) is 13.8. The van der Waals surface area contributed by atoms with Gasteiger partial charge >= 0.3 is 0 Å². The quantitative estimate of drug-likeness (QED) is 0.109. The maximum absolute atomic E-state index is 2.32. The van der Waals surface area contributed by atoms with Crippen molar-refractivity contribution in [3.8, 4) is 0 Å². The summed E-state index contributed by atoms with van der Waals surface area (Å²) in [5, 5.41) is 6.38. The lowest BCUT2D eigenvalue weighted by Gasteiger charge is -2.12. The van der Waals surface area contributed by atoms with Crippen LogP contribution in [0.4, 0.5) is 0 Å². The van der Waals surface area contributed by atoms with Crippen LogP contribution >= 0.6 is 24.8 Å². The molecule has 184 valence electrons. The fraction of sp³-hybridized carbons (Fsp3) is 1.00. The van der Waals surface area contributed by atoms with Crippen LogP contribution in [0.3, 0.4) is 0 Å². The molecule has 0 bridgehead atoms. The van der Waals surface area contributed by atoms with E-state index in [0.717, 1.165) is 0 Å². The maximum Gasteiger partial charge on any atom is 0.261 e. The van der Waals surface area contributed by atoms with E-state index in [1.165, 1.54) is 118 Å². The van der Waals surface area contributed by atoms with Crippen LogP contribution in [-0.2, 0) is 0 Å². The minimum Gasteiger partial charge on any atom is -0.147 e. The van der Waals surface area contributed by atoms with Crippen LogP contribution in [-0.4, -0.2) is 30.4 Å². The first kappa shape index (κ1) is 38.9. The molecular weight excluding hydrogens is 437 g/mol. The SMILES string of the molecule is CCCCCCC[CH2][Al]([CH2]CCCCCCC)[CH2]CCCCCCC.C[CH2][AlH2].Cl.Cl. The van der Waals surface area contributed by atoms with Gasteiger partial charge in [0.1, 0.15) is 0 Å². The lowest BCUT2D eigenvalue weighted by molar-refractivity contribution is 0.610. The molecule has 0 rings (SSSR count). The normalized spacial score (nSPS) is 9.87. The van der Waals surface area contributed by atoms with E-state index in [9.17, 15) is 0 Å². The van der Waals surface area contributed by atoms with E-state index in [4.69, 9.17) is 0 Å². The second-order valence-corrected chi connectivity index (χ2v) is 14.1. The molecule has 0 aromatic carbocycles. The van der Waals surface area contributed by atoms with E-state index in [1.54, 1.807) is 35.1 Å². The molecule has 0 radical (unpaired) electrons. The topological polar surface area (TPSA) is 0 Å². The van der Waals surface area contributed by atoms with E-state index in [1.807, 2.05) is 0 Å². The Morgan fingerprint density at radius 2 is 0.600 bits per heavy atom. The summed E-state index contributed by atoms with van der Waals surface area (Å²) in [5.74, 6) is 0. The summed E-state index contributed by atoms with van der Waals surface area (Å²) in [6.07, 6.45) is 26.7. The molecule has 0 saturated heterocycles. The van der Waals surface area contributed by atoms with Crippen molar-refractivity contribution in [2.45, 2.75) is 164 Å². The van der Waals surface area contributed by atoms with Crippen LogP contribution in [0.25, 0.3) is 0 Å². The molecule has 0 saturated carbocycles. The molecule has 0 aliphatic heterocycles. The average Bonchev–Trinajstić information content (AvgIpc) is 2.69. The summed E-state index contributed by atoms with van der Waals surface area (Å²) in [6, 6.07) is 0. The van der Waals surface area contributed by atoms with Crippen molar-refractivity contribution in [1.29, 1.82) is 0 Å². The summed E-state index contributed by atoms with van der Waals surface area (Å²) >= 11 is 0.959. The number of hydrogen-bond donors (Lipinski definition) is 0. The standard InChI is InChI=1S/3C8H17.C2H5.2Al.2ClH.2H/c3*1-3-5-7-8-6-4-2;1-2;;;;;;/h3*1,3-8H2,2H3;1H2,2H3;;;2*1H;;. The van der Waals surface area contributed by atoms with Crippen molar-refractivity contribution < 1.29 is 0 Å². The zero-order valence-electron chi connectivity index (χ0n) is 22.0. The number of unbranched alkanes of at least 4 members (excludes halogenated alkanes) is 15. The van der Waals surface area contributed by atoms with Crippen molar-refractivity contribution in [2.24, 2.45) is 0 Å². The number of halogens is 2. The molecular formula is C26H60Al2Cl2. The number of hydrogen-bond acceptors (Lipinski definition) is 0. The maximum atomic E-state index is 2.32. The van der Waals surface area contributed by atoms with Crippen molar-refractivity contribution in [3.05, 3.63) is 0 Å². The van der Waals surface area contributed by atoms with E-state index in [0.29, 0.717) is 0 Å². The highest BCUT2D eigenvalue weighted by atomic mass is 35.5. The molecule has 0 amide bonds. The Bertz CT molecular complexity index is 215. The zero-order valence-corrected chi connectivity index (χ0v) is 26.7. The summed E-state index contributed by atoms with van der Waals surface area (Å²) in [7, 11) is 0. The molecule has 0 spiro atoms. The highest BCUT2D eigenvalue weighted by molar-refractivity contribution is 6.58. The van der Waals surface area contributed by atoms with E-state index in [2.05, 4.69) is 27.7 Å². The first-order valence-corrected chi connectivity index (χ1v) is 17.6. The Labute approximate surface area is 218 Å². The van der Waals surface area contributed by atoms with Crippen molar-refractivity contribution in [1.82, 2.24) is 0 Å². The summed E-state index contributed by atoms with van der Waals surface area (Å²) < 4.78 is 0. The van der Waals surface area contributed by atoms with Crippen LogP contribution in [0.5, 0.6) is 0 Å². The lowest BCUT2D eigenvalue weighted by Crippen LogP contribution is -2.12. The molecule has 0 N–H and O–H groups in total. The second kappa shape index (κ2) is 37.9. The Morgan fingerprint density at radius 1 is 0.400 bits per heavy atom. The van der Waals surface area contributed by atoms with E-state index in [-0.39, 0.29) is 24.8 Å². The largest absolute Gasteiger partial charge is 0.261 e. The van der Waals surface area contributed by atoms with Gasteiger partial charge in [-0.1, -0.05) is 159 Å². The third-order valence-electron chi connectivity index (χ3n) is 5.90. The second-order valence-electron chi connectivity index (χ2n) is 9.24. The van der Waals surface area contributed by atoms with Crippen molar-refractivity contribution >= 4 is 55.3 Å². The molecule has 0 aliphatic rings. The van der Waals surface area contributed by atoms with Gasteiger partial charge in [-0.3, -0.25) is 0 Å². The van der Waals surface area contributed by atoms with Crippen LogP contribution in [0.15, 0.2) is 0 Å². The predicted molar refractivity (Wildman–Crippen MR) is 154 cm³/mol. The highest BCUT2D eigenvalue weighted by Crippen LogP contribution is 2.20. The fourth-order valence-electron chi connectivity index (χ4n) is 4.07. The van der Waals surface area contributed by atoms with Gasteiger partial charge < -0.3 is 0 Å². The Kier molecular flexibility index (Phi) is 49.2. The minimum absolute atomic E-state index is 0. The zero-order chi connectivity index (χ0) is 21.1. The van der Waals surface area contributed by atoms with Gasteiger partial charge in [0.05, 0.1) is 0 Å². The van der Waals surface area contributed by atoms with Gasteiger partial charge in [0.2, 0.25) is 16.3 Å². The van der Waals surface area contributed by atoms with E-state index >= 15 is 0 Å². The van der Waals surface area contributed by atoms with Gasteiger partial charge in [0, 0.05) is 0 Å². The van der Waals surface area contributed by atoms with Crippen molar-refractivity contribution in [3.63, 3.8) is 0 Å². The van der Waals surface area contributed by atoms with Gasteiger partial charge in [-0.2, -0.15) is 0 Å². The van der Waals surface area contributed by atoms with Crippen LogP contribution in [0.1, 0.15) is 143 Å². The minimum atomic E-state index is -0.410. The summed E-state index contributed by atoms with van der Waals surface area (Å²) in [4.78, 5) is 0. The van der Waals surface area contributed by atoms with Gasteiger partial charge in [-0.25, -0.2) is 0 Å². The molecule has 0 aromatic heterocycles. The summed E-state index contributed by atoms with van der Waals surface area (Å²) in [5.41, 5.74) is 0. The van der Waals surface area contributed by atoms with Crippen LogP contribution in [0, 0.1) is 0 Å². The molecule has 4 heteroatoms. The van der Waals surface area contributed by atoms with Gasteiger partial charge in [0.25, 0.3) is 14.1 Å². The van der Waals surface area contributed by atoms with Gasteiger partial charge in [-0.05, 0) is 0 Å². The lowest BCUT2D eigenvalue weighted by atomic mass is 10.1. The first-order valence-electron chi connectivity index (χ1n) is 13.8. The van der Waals surface area contributed by atoms with Crippen molar-refractivity contribution in [2.75, 3.05) is 0 Å². The Hall–Kier alpha value is 1.64. The fourth-order valence-corrected chi connectivity index (χ4v) is 7.54. The molecule has 0 heterocycles. The summed E-state index contributed by atoms with van der Waals surface area (Å²) in [6.45, 7) is 9.16. The molecule has 0 aromatic rings. The van der Waals surface area contributed by atoms with Gasteiger partial charge in [0.15, 0.2) is 0 Å². The predicted octanol–water partition coefficient (Wildman–Crippen LogP) is 10.5. The molecule has 0 fully saturated rings. The molecule has 0 atom stereocenters. The number of rotatable bonds is 21. The molecule has 0 unspecified atom stereocenters. The monoisotopic (exact) mass is 496 g/mol. The highest BCUT2D eigenvalue weighted by Gasteiger charge is 2.15.